The lowest BCUT2D eigenvalue weighted by molar-refractivity contribution is -0.385. The predicted molar refractivity (Wildman–Crippen MR) is 56.2 cm³/mol. The third-order valence-corrected chi connectivity index (χ3v) is 3.42. The van der Waals surface area contributed by atoms with Crippen LogP contribution in [0.2, 0.25) is 10.0 Å². The van der Waals surface area contributed by atoms with E-state index in [1.807, 2.05) is 0 Å². The van der Waals surface area contributed by atoms with Gasteiger partial charge >= 0.3 is 0 Å². The predicted octanol–water partition coefficient (Wildman–Crippen LogP) is 3.48. The van der Waals surface area contributed by atoms with Crippen LogP contribution in [-0.2, 0) is 0 Å². The van der Waals surface area contributed by atoms with Crippen LogP contribution in [-0.4, -0.2) is 11.2 Å². The first-order valence-corrected chi connectivity index (χ1v) is 4.81. The van der Waals surface area contributed by atoms with Gasteiger partial charge in [0.2, 0.25) is 0 Å². The van der Waals surface area contributed by atoms with E-state index >= 15 is 0 Å². The van der Waals surface area contributed by atoms with Crippen molar-refractivity contribution >= 4 is 51.1 Å². The highest BCUT2D eigenvalue weighted by Gasteiger charge is 2.23. The van der Waals surface area contributed by atoms with E-state index in [1.54, 1.807) is 0 Å². The fourth-order valence-electron chi connectivity index (χ4n) is 0.879. The van der Waals surface area contributed by atoms with Gasteiger partial charge < -0.3 is 0 Å². The van der Waals surface area contributed by atoms with Gasteiger partial charge in [0.1, 0.15) is 5.02 Å². The van der Waals surface area contributed by atoms with Gasteiger partial charge in [-0.15, -0.1) is 0 Å². The van der Waals surface area contributed by atoms with Crippen LogP contribution in [0.4, 0.5) is 5.69 Å². The molecule has 0 aromatic heterocycles. The summed E-state index contributed by atoms with van der Waals surface area (Å²) >= 11 is 14.3. The van der Waals surface area contributed by atoms with Crippen LogP contribution in [0.25, 0.3) is 0 Å². The molecule has 74 valence electrons. The molecule has 0 saturated carbocycles. The Balaban J connectivity index is 3.61. The average Bonchev–Trinajstić information content (AvgIpc) is 2.12. The molecule has 0 bridgehead atoms. The average molecular weight is 299 g/mol. The summed E-state index contributed by atoms with van der Waals surface area (Å²) in [7, 11) is 0. The summed E-state index contributed by atoms with van der Waals surface area (Å²) < 4.78 is 0.207. The van der Waals surface area contributed by atoms with Crippen LogP contribution in [0.5, 0.6) is 0 Å². The van der Waals surface area contributed by atoms with Gasteiger partial charge in [-0.3, -0.25) is 14.9 Å². The van der Waals surface area contributed by atoms with Crippen LogP contribution >= 0.6 is 39.1 Å². The first kappa shape index (κ1) is 11.4. The zero-order valence-corrected chi connectivity index (χ0v) is 9.56. The zero-order valence-electron chi connectivity index (χ0n) is 6.46. The highest BCUT2D eigenvalue weighted by atomic mass is 79.9. The normalized spacial score (nSPS) is 9.93. The van der Waals surface area contributed by atoms with Crippen molar-refractivity contribution in [1.82, 2.24) is 0 Å². The number of carbonyl (C=O) groups excluding carboxylic acids is 1. The topological polar surface area (TPSA) is 60.2 Å². The maximum Gasteiger partial charge on any atom is 0.299 e. The molecule has 0 aliphatic rings. The molecule has 0 atom stereocenters. The number of nitro groups is 1. The first-order valence-electron chi connectivity index (χ1n) is 3.26. The molecule has 0 fully saturated rings. The van der Waals surface area contributed by atoms with Crippen molar-refractivity contribution in [2.75, 3.05) is 0 Å². The van der Waals surface area contributed by atoms with E-state index in [0.717, 1.165) is 0 Å². The van der Waals surface area contributed by atoms with E-state index in [-0.39, 0.29) is 20.1 Å². The Morgan fingerprint density at radius 1 is 1.50 bits per heavy atom. The van der Waals surface area contributed by atoms with E-state index in [9.17, 15) is 14.9 Å². The van der Waals surface area contributed by atoms with Crippen molar-refractivity contribution in [2.45, 2.75) is 0 Å². The summed E-state index contributed by atoms with van der Waals surface area (Å²) in [4.78, 5) is 20.3. The van der Waals surface area contributed by atoms with Gasteiger partial charge in [0, 0.05) is 0 Å². The minimum absolute atomic E-state index is 0.145. The zero-order chi connectivity index (χ0) is 10.9. The highest BCUT2D eigenvalue weighted by molar-refractivity contribution is 9.10. The summed E-state index contributed by atoms with van der Waals surface area (Å²) in [5.74, 6) is 0. The molecule has 0 aliphatic carbocycles. The third kappa shape index (κ3) is 1.89. The second-order valence-corrected chi connectivity index (χ2v) is 3.88. The van der Waals surface area contributed by atoms with Gasteiger partial charge in [0.15, 0.2) is 6.29 Å². The second kappa shape index (κ2) is 4.25. The lowest BCUT2D eigenvalue weighted by Gasteiger charge is -2.02. The Labute approximate surface area is 97.1 Å². The minimum Gasteiger partial charge on any atom is -0.298 e. The van der Waals surface area contributed by atoms with Crippen LogP contribution in [0.1, 0.15) is 10.4 Å². The molecule has 0 spiro atoms. The number of hydrogen-bond acceptors (Lipinski definition) is 3. The van der Waals surface area contributed by atoms with Crippen LogP contribution in [0.15, 0.2) is 10.5 Å². The summed E-state index contributed by atoms with van der Waals surface area (Å²) in [6.45, 7) is 0. The Morgan fingerprint density at radius 3 is 2.50 bits per heavy atom. The van der Waals surface area contributed by atoms with Gasteiger partial charge in [0.25, 0.3) is 5.69 Å². The van der Waals surface area contributed by atoms with Gasteiger partial charge in [-0.25, -0.2) is 0 Å². The van der Waals surface area contributed by atoms with E-state index in [0.29, 0.717) is 6.29 Å². The minimum atomic E-state index is -0.729. The SMILES string of the molecule is O=Cc1cc(Cl)c(Br)c(Cl)c1[N+](=O)[O-]. The number of rotatable bonds is 2. The molecule has 0 unspecified atom stereocenters. The number of hydrogen-bond donors (Lipinski definition) is 0. The van der Waals surface area contributed by atoms with Gasteiger partial charge in [-0.2, -0.15) is 0 Å². The third-order valence-electron chi connectivity index (χ3n) is 1.48. The number of aldehydes is 1. The van der Waals surface area contributed by atoms with Crippen molar-refractivity contribution in [3.63, 3.8) is 0 Å². The fourth-order valence-corrected chi connectivity index (χ4v) is 1.72. The summed E-state index contributed by atoms with van der Waals surface area (Å²) in [6, 6.07) is 1.18. The van der Waals surface area contributed by atoms with Crippen molar-refractivity contribution in [2.24, 2.45) is 0 Å². The summed E-state index contributed by atoms with van der Waals surface area (Å²) in [5.41, 5.74) is -0.592. The lowest BCUT2D eigenvalue weighted by atomic mass is 10.2. The Morgan fingerprint density at radius 2 is 2.07 bits per heavy atom. The molecular weight excluding hydrogens is 297 g/mol. The molecular formula is C7H2BrCl2NO3. The standard InChI is InChI=1S/C7H2BrCl2NO3/c8-5-4(9)1-3(2-12)7(6(5)10)11(13)14/h1-2H. The molecule has 1 rings (SSSR count). The number of nitro benzene ring substituents is 1. The molecule has 0 N–H and O–H groups in total. The highest BCUT2D eigenvalue weighted by Crippen LogP contribution is 2.39. The summed E-state index contributed by atoms with van der Waals surface area (Å²) in [6.07, 6.45) is 0.336. The van der Waals surface area contributed by atoms with E-state index in [2.05, 4.69) is 15.9 Å². The first-order chi connectivity index (χ1) is 6.49. The molecule has 14 heavy (non-hydrogen) atoms. The van der Waals surface area contributed by atoms with Crippen molar-refractivity contribution in [3.8, 4) is 0 Å². The monoisotopic (exact) mass is 297 g/mol. The maximum atomic E-state index is 10.6. The molecule has 7 heteroatoms. The van der Waals surface area contributed by atoms with Crippen molar-refractivity contribution in [1.29, 1.82) is 0 Å². The van der Waals surface area contributed by atoms with E-state index in [1.165, 1.54) is 6.07 Å². The van der Waals surface area contributed by atoms with Crippen LogP contribution in [0, 0.1) is 10.1 Å². The largest absolute Gasteiger partial charge is 0.299 e. The Hall–Kier alpha value is -0.650. The number of halogens is 3. The molecule has 0 radical (unpaired) electrons. The fraction of sp³-hybridized carbons (Fsp3) is 0. The molecule has 0 aliphatic heterocycles. The van der Waals surface area contributed by atoms with Gasteiger partial charge in [0.05, 0.1) is 20.0 Å². The Bertz CT molecular complexity index is 422. The molecule has 0 heterocycles. The van der Waals surface area contributed by atoms with Crippen molar-refractivity contribution in [3.05, 3.63) is 36.3 Å². The molecule has 1 aromatic carbocycles. The molecule has 4 nitrogen and oxygen atoms in total. The summed E-state index contributed by atoms with van der Waals surface area (Å²) in [5, 5.41) is 10.5. The van der Waals surface area contributed by atoms with Crippen LogP contribution < -0.4 is 0 Å². The van der Waals surface area contributed by atoms with Gasteiger partial charge in [-0.1, -0.05) is 23.2 Å². The molecule has 1 aromatic rings. The van der Waals surface area contributed by atoms with Crippen molar-refractivity contribution < 1.29 is 9.72 Å². The molecule has 0 saturated heterocycles. The quantitative estimate of drug-likeness (QED) is 0.363. The second-order valence-electron chi connectivity index (χ2n) is 2.30. The number of benzene rings is 1. The molecule has 0 amide bonds. The number of nitrogens with zero attached hydrogens (tertiary/aromatic N) is 1. The van der Waals surface area contributed by atoms with E-state index in [4.69, 9.17) is 23.2 Å². The van der Waals surface area contributed by atoms with Gasteiger partial charge in [-0.05, 0) is 22.0 Å². The van der Waals surface area contributed by atoms with E-state index < -0.39 is 10.6 Å². The number of carbonyl (C=O) groups is 1. The smallest absolute Gasteiger partial charge is 0.298 e. The maximum absolute atomic E-state index is 10.6. The lowest BCUT2D eigenvalue weighted by Crippen LogP contribution is -1.96. The Kier molecular flexibility index (Phi) is 3.47. The van der Waals surface area contributed by atoms with Crippen LogP contribution in [0.3, 0.4) is 0 Å².